The second kappa shape index (κ2) is 13.3. The van der Waals surface area contributed by atoms with Crippen molar-refractivity contribution in [1.82, 2.24) is 5.32 Å². The number of hydrogen-bond donors (Lipinski definition) is 1. The lowest BCUT2D eigenvalue weighted by Crippen LogP contribution is -2.26. The zero-order valence-electron chi connectivity index (χ0n) is 17.8. The van der Waals surface area contributed by atoms with Crippen LogP contribution in [0.15, 0.2) is 60.4 Å². The summed E-state index contributed by atoms with van der Waals surface area (Å²) in [5.41, 5.74) is 0.211. The Kier molecular flexibility index (Phi) is 11.4. The molecule has 0 atom stereocenters. The lowest BCUT2D eigenvalue weighted by molar-refractivity contribution is -0.137. The maximum atomic E-state index is 12.8. The number of alkyl halides is 3. The third-order valence-corrected chi connectivity index (χ3v) is 4.76. The van der Waals surface area contributed by atoms with Crippen molar-refractivity contribution < 1.29 is 17.9 Å². The Labute approximate surface area is 173 Å². The van der Waals surface area contributed by atoms with Crippen molar-refractivity contribution in [3.63, 3.8) is 0 Å². The van der Waals surface area contributed by atoms with Crippen LogP contribution in [0.1, 0.15) is 58.4 Å². The number of halogens is 3. The number of benzene rings is 1. The van der Waals surface area contributed by atoms with Crippen LogP contribution in [0.5, 0.6) is 5.75 Å². The first-order valence-corrected chi connectivity index (χ1v) is 10.5. The van der Waals surface area contributed by atoms with Crippen molar-refractivity contribution in [3.05, 3.63) is 66.0 Å². The normalized spacial score (nSPS) is 16.1. The highest BCUT2D eigenvalue weighted by atomic mass is 19.4. The van der Waals surface area contributed by atoms with E-state index in [1.54, 1.807) is 25.2 Å². The summed E-state index contributed by atoms with van der Waals surface area (Å²) in [5, 5.41) is 3.46. The highest BCUT2D eigenvalue weighted by Gasteiger charge is 2.30. The first-order valence-electron chi connectivity index (χ1n) is 10.5. The van der Waals surface area contributed by atoms with Gasteiger partial charge in [0, 0.05) is 6.54 Å². The predicted molar refractivity (Wildman–Crippen MR) is 115 cm³/mol. The van der Waals surface area contributed by atoms with Crippen LogP contribution in [-0.2, 0) is 6.18 Å². The van der Waals surface area contributed by atoms with Crippen LogP contribution in [0.4, 0.5) is 13.2 Å². The van der Waals surface area contributed by atoms with Crippen LogP contribution in [0, 0.1) is 5.92 Å². The molecule has 1 fully saturated rings. The van der Waals surface area contributed by atoms with Crippen LogP contribution in [0.3, 0.4) is 0 Å². The van der Waals surface area contributed by atoms with Crippen molar-refractivity contribution in [2.75, 3.05) is 13.1 Å². The molecule has 2 rings (SSSR count). The molecule has 0 radical (unpaired) electrons. The maximum Gasteiger partial charge on any atom is 0.416 e. The Morgan fingerprint density at radius 1 is 1.21 bits per heavy atom. The molecule has 0 unspecified atom stereocenters. The number of rotatable bonds is 8. The SMILES string of the molecule is C=C/C(=C\C(=C/C)Oc1cccc(C(F)(F)F)c1)CNCC1CCCCC1.CC. The Morgan fingerprint density at radius 3 is 2.48 bits per heavy atom. The van der Waals surface area contributed by atoms with Gasteiger partial charge in [-0.25, -0.2) is 0 Å². The molecule has 1 aliphatic rings. The monoisotopic (exact) mass is 409 g/mol. The van der Waals surface area contributed by atoms with Gasteiger partial charge in [-0.3, -0.25) is 0 Å². The van der Waals surface area contributed by atoms with Crippen LogP contribution < -0.4 is 10.1 Å². The standard InChI is InChI=1S/C22H28F3NO.C2H6/c1-3-17(15-26-16-18-9-6-5-7-10-18)13-20(4-2)27-21-12-8-11-19(14-21)22(23,24)25;1-2/h3-4,8,11-14,18,26H,1,5-7,9-10,15-16H2,2H3;1-2H3/b17-13+,20-4+;. The van der Waals surface area contributed by atoms with Gasteiger partial charge in [0.25, 0.3) is 0 Å². The Morgan fingerprint density at radius 2 is 1.90 bits per heavy atom. The zero-order valence-corrected chi connectivity index (χ0v) is 17.8. The van der Waals surface area contributed by atoms with Gasteiger partial charge in [-0.15, -0.1) is 0 Å². The molecule has 0 amide bonds. The molecular formula is C24H34F3NO. The van der Waals surface area contributed by atoms with Crippen molar-refractivity contribution >= 4 is 0 Å². The molecule has 162 valence electrons. The average molecular weight is 410 g/mol. The van der Waals surface area contributed by atoms with Crippen molar-refractivity contribution in [2.24, 2.45) is 5.92 Å². The summed E-state index contributed by atoms with van der Waals surface area (Å²) in [5.74, 6) is 1.38. The van der Waals surface area contributed by atoms with Gasteiger partial charge in [0.1, 0.15) is 11.5 Å². The van der Waals surface area contributed by atoms with Crippen LogP contribution in [0.25, 0.3) is 0 Å². The summed E-state index contributed by atoms with van der Waals surface area (Å²) in [6.07, 6.45) is 7.40. The van der Waals surface area contributed by atoms with Crippen molar-refractivity contribution in [1.29, 1.82) is 0 Å². The van der Waals surface area contributed by atoms with E-state index >= 15 is 0 Å². The van der Waals surface area contributed by atoms with Gasteiger partial charge in [0.05, 0.1) is 5.56 Å². The summed E-state index contributed by atoms with van der Waals surface area (Å²) in [7, 11) is 0. The molecule has 0 spiro atoms. The molecule has 0 aliphatic heterocycles. The molecule has 1 aromatic carbocycles. The lowest BCUT2D eigenvalue weighted by Gasteiger charge is -2.22. The molecule has 1 aromatic rings. The minimum atomic E-state index is -4.39. The summed E-state index contributed by atoms with van der Waals surface area (Å²) in [6, 6.07) is 4.89. The minimum absolute atomic E-state index is 0.160. The molecule has 29 heavy (non-hydrogen) atoms. The quantitative estimate of drug-likeness (QED) is 0.359. The van der Waals surface area contributed by atoms with Gasteiger partial charge < -0.3 is 10.1 Å². The number of allylic oxidation sites excluding steroid dienone is 2. The fourth-order valence-electron chi connectivity index (χ4n) is 3.22. The molecule has 5 heteroatoms. The molecule has 1 saturated carbocycles. The van der Waals surface area contributed by atoms with E-state index in [1.165, 1.54) is 44.2 Å². The van der Waals surface area contributed by atoms with Gasteiger partial charge in [-0.2, -0.15) is 13.2 Å². The fourth-order valence-corrected chi connectivity index (χ4v) is 3.22. The van der Waals surface area contributed by atoms with E-state index in [0.29, 0.717) is 12.3 Å². The highest BCUT2D eigenvalue weighted by molar-refractivity contribution is 5.34. The van der Waals surface area contributed by atoms with E-state index in [0.717, 1.165) is 30.2 Å². The van der Waals surface area contributed by atoms with Crippen LogP contribution in [0.2, 0.25) is 0 Å². The molecule has 0 bridgehead atoms. The van der Waals surface area contributed by atoms with E-state index in [4.69, 9.17) is 4.74 Å². The number of ether oxygens (including phenoxy) is 1. The van der Waals surface area contributed by atoms with Crippen molar-refractivity contribution in [2.45, 2.75) is 59.1 Å². The molecule has 1 aliphatic carbocycles. The first kappa shape index (κ1) is 25.0. The molecule has 1 N–H and O–H groups in total. The van der Waals surface area contributed by atoms with E-state index in [9.17, 15) is 13.2 Å². The second-order valence-electron chi connectivity index (χ2n) is 6.88. The van der Waals surface area contributed by atoms with E-state index < -0.39 is 11.7 Å². The first-order chi connectivity index (χ1) is 13.9. The average Bonchev–Trinajstić information content (AvgIpc) is 2.74. The van der Waals surface area contributed by atoms with Gasteiger partial charge in [-0.1, -0.05) is 51.8 Å². The molecule has 0 saturated heterocycles. The lowest BCUT2D eigenvalue weighted by atomic mass is 9.89. The summed E-state index contributed by atoms with van der Waals surface area (Å²) >= 11 is 0. The van der Waals surface area contributed by atoms with Crippen molar-refractivity contribution in [3.8, 4) is 5.75 Å². The third kappa shape index (κ3) is 9.35. The fraction of sp³-hybridized carbons (Fsp3) is 0.500. The van der Waals surface area contributed by atoms with Gasteiger partial charge in [0.2, 0.25) is 0 Å². The topological polar surface area (TPSA) is 21.3 Å². The third-order valence-electron chi connectivity index (χ3n) is 4.76. The predicted octanol–water partition coefficient (Wildman–Crippen LogP) is 7.30. The van der Waals surface area contributed by atoms with Gasteiger partial charge in [0.15, 0.2) is 0 Å². The molecule has 0 heterocycles. The van der Waals surface area contributed by atoms with E-state index in [1.807, 2.05) is 13.8 Å². The summed E-state index contributed by atoms with van der Waals surface area (Å²) in [6.45, 7) is 11.2. The van der Waals surface area contributed by atoms with E-state index in [2.05, 4.69) is 11.9 Å². The Hall–Kier alpha value is -2.01. The smallest absolute Gasteiger partial charge is 0.416 e. The van der Waals surface area contributed by atoms with Crippen LogP contribution >= 0.6 is 0 Å². The summed E-state index contributed by atoms with van der Waals surface area (Å²) in [4.78, 5) is 0. The van der Waals surface area contributed by atoms with Gasteiger partial charge in [-0.05, 0) is 68.2 Å². The van der Waals surface area contributed by atoms with Crippen LogP contribution in [-0.4, -0.2) is 13.1 Å². The minimum Gasteiger partial charge on any atom is -0.458 e. The molecule has 0 aromatic heterocycles. The molecule has 2 nitrogen and oxygen atoms in total. The van der Waals surface area contributed by atoms with E-state index in [-0.39, 0.29) is 5.75 Å². The summed E-state index contributed by atoms with van der Waals surface area (Å²) < 4.78 is 44.2. The Balaban J connectivity index is 0.00000204. The maximum absolute atomic E-state index is 12.8. The second-order valence-corrected chi connectivity index (χ2v) is 6.88. The number of hydrogen-bond acceptors (Lipinski definition) is 2. The Bertz CT molecular complexity index is 671. The highest BCUT2D eigenvalue weighted by Crippen LogP contribution is 2.31. The zero-order chi connectivity index (χ0) is 21.7. The number of nitrogens with one attached hydrogen (secondary N) is 1. The van der Waals surface area contributed by atoms with Gasteiger partial charge >= 0.3 is 6.18 Å². The molecular weight excluding hydrogens is 375 g/mol. The largest absolute Gasteiger partial charge is 0.458 e.